The molecule has 0 unspecified atom stereocenters. The second-order valence-corrected chi connectivity index (χ2v) is 5.95. The number of anilines is 2. The molecule has 0 radical (unpaired) electrons. The van der Waals surface area contributed by atoms with Crippen molar-refractivity contribution in [2.45, 2.75) is 20.4 Å². The van der Waals surface area contributed by atoms with Crippen LogP contribution < -0.4 is 10.6 Å². The highest BCUT2D eigenvalue weighted by Gasteiger charge is 2.09. The fraction of sp³-hybridized carbons (Fsp3) is 0.150. The Balaban J connectivity index is 1.70. The summed E-state index contributed by atoms with van der Waals surface area (Å²) in [7, 11) is 0. The third-order valence-corrected chi connectivity index (χ3v) is 3.76. The van der Waals surface area contributed by atoms with Crippen LogP contribution in [0, 0.1) is 19.7 Å². The molecule has 26 heavy (non-hydrogen) atoms. The zero-order chi connectivity index (χ0) is 18.5. The van der Waals surface area contributed by atoms with E-state index in [1.807, 2.05) is 26.0 Å². The number of hydrogen-bond acceptors (Lipinski definition) is 4. The normalized spacial score (nSPS) is 10.4. The van der Waals surface area contributed by atoms with Gasteiger partial charge >= 0.3 is 0 Å². The number of hydrogen-bond donors (Lipinski definition) is 2. The molecular formula is C20H19FN4O. The summed E-state index contributed by atoms with van der Waals surface area (Å²) in [6, 6.07) is 15.3. The molecule has 0 aliphatic heterocycles. The van der Waals surface area contributed by atoms with Crippen molar-refractivity contribution in [1.29, 1.82) is 0 Å². The molecule has 0 saturated heterocycles. The minimum absolute atomic E-state index is 0.128. The third kappa shape index (κ3) is 4.42. The Kier molecular flexibility index (Phi) is 5.22. The lowest BCUT2D eigenvalue weighted by molar-refractivity contribution is 0.0950. The molecule has 0 aliphatic carbocycles. The van der Waals surface area contributed by atoms with E-state index in [-0.39, 0.29) is 18.3 Å². The van der Waals surface area contributed by atoms with Gasteiger partial charge < -0.3 is 10.6 Å². The molecule has 2 aromatic carbocycles. The van der Waals surface area contributed by atoms with E-state index >= 15 is 0 Å². The van der Waals surface area contributed by atoms with E-state index in [2.05, 4.69) is 20.6 Å². The molecule has 2 N–H and O–H groups in total. The Bertz CT molecular complexity index is 922. The lowest BCUT2D eigenvalue weighted by Crippen LogP contribution is -2.23. The lowest BCUT2D eigenvalue weighted by atomic mass is 10.1. The number of rotatable bonds is 5. The maximum Gasteiger partial charge on any atom is 0.251 e. The van der Waals surface area contributed by atoms with E-state index < -0.39 is 0 Å². The molecule has 0 spiro atoms. The van der Waals surface area contributed by atoms with Gasteiger partial charge in [-0.05, 0) is 44.2 Å². The third-order valence-electron chi connectivity index (χ3n) is 3.76. The molecule has 3 rings (SSSR count). The largest absolute Gasteiger partial charge is 0.348 e. The van der Waals surface area contributed by atoms with Crippen LogP contribution in [-0.4, -0.2) is 15.9 Å². The first kappa shape index (κ1) is 17.5. The molecule has 3 aromatic rings. The molecule has 0 aliphatic rings. The fourth-order valence-electron chi connectivity index (χ4n) is 2.57. The van der Waals surface area contributed by atoms with E-state index in [0.717, 1.165) is 11.4 Å². The van der Waals surface area contributed by atoms with E-state index in [0.29, 0.717) is 22.8 Å². The van der Waals surface area contributed by atoms with Gasteiger partial charge in [0.2, 0.25) is 5.95 Å². The van der Waals surface area contributed by atoms with Crippen LogP contribution in [0.5, 0.6) is 0 Å². The summed E-state index contributed by atoms with van der Waals surface area (Å²) in [5, 5.41) is 5.83. The SMILES string of the molecule is Cc1cc(C)nc(Nc2cccc(C(=O)NCc3ccccc3F)c2)n1. The van der Waals surface area contributed by atoms with Crippen molar-refractivity contribution in [2.24, 2.45) is 0 Å². The quantitative estimate of drug-likeness (QED) is 0.732. The lowest BCUT2D eigenvalue weighted by Gasteiger charge is -2.09. The van der Waals surface area contributed by atoms with Crippen LogP contribution in [0.2, 0.25) is 0 Å². The Hall–Kier alpha value is -3.28. The molecule has 132 valence electrons. The average molecular weight is 350 g/mol. The summed E-state index contributed by atoms with van der Waals surface area (Å²) in [5.41, 5.74) is 3.33. The predicted octanol–water partition coefficient (Wildman–Crippen LogP) is 3.91. The van der Waals surface area contributed by atoms with Gasteiger partial charge in [0, 0.05) is 34.7 Å². The highest BCUT2D eigenvalue weighted by molar-refractivity contribution is 5.95. The van der Waals surface area contributed by atoms with Crippen molar-refractivity contribution in [2.75, 3.05) is 5.32 Å². The van der Waals surface area contributed by atoms with Crippen molar-refractivity contribution in [3.05, 3.63) is 82.9 Å². The average Bonchev–Trinajstić information content (AvgIpc) is 2.60. The molecular weight excluding hydrogens is 331 g/mol. The zero-order valence-electron chi connectivity index (χ0n) is 14.6. The molecule has 1 aromatic heterocycles. The van der Waals surface area contributed by atoms with Crippen LogP contribution >= 0.6 is 0 Å². The van der Waals surface area contributed by atoms with Crippen molar-refractivity contribution in [3.8, 4) is 0 Å². The first-order valence-electron chi connectivity index (χ1n) is 8.22. The number of nitrogens with one attached hydrogen (secondary N) is 2. The number of aryl methyl sites for hydroxylation is 2. The molecule has 6 heteroatoms. The zero-order valence-corrected chi connectivity index (χ0v) is 14.6. The van der Waals surface area contributed by atoms with Crippen LogP contribution in [0.3, 0.4) is 0 Å². The van der Waals surface area contributed by atoms with Gasteiger partial charge in [-0.1, -0.05) is 24.3 Å². The fourth-order valence-corrected chi connectivity index (χ4v) is 2.57. The van der Waals surface area contributed by atoms with Gasteiger partial charge in [0.25, 0.3) is 5.91 Å². The molecule has 1 amide bonds. The van der Waals surface area contributed by atoms with Gasteiger partial charge in [0.15, 0.2) is 0 Å². The van der Waals surface area contributed by atoms with Crippen molar-refractivity contribution in [1.82, 2.24) is 15.3 Å². The van der Waals surface area contributed by atoms with Gasteiger partial charge in [-0.25, -0.2) is 14.4 Å². The summed E-state index contributed by atoms with van der Waals surface area (Å²) in [6.45, 7) is 3.92. The Morgan fingerprint density at radius 1 is 1.00 bits per heavy atom. The Morgan fingerprint density at radius 2 is 1.73 bits per heavy atom. The van der Waals surface area contributed by atoms with E-state index in [4.69, 9.17) is 0 Å². The number of halogens is 1. The number of carbonyl (C=O) groups is 1. The van der Waals surface area contributed by atoms with Crippen LogP contribution in [0.1, 0.15) is 27.3 Å². The molecule has 0 bridgehead atoms. The molecule has 0 atom stereocenters. The molecule has 5 nitrogen and oxygen atoms in total. The van der Waals surface area contributed by atoms with Gasteiger partial charge in [0.1, 0.15) is 5.82 Å². The standard InChI is InChI=1S/C20H19FN4O/c1-13-10-14(2)24-20(23-13)25-17-8-5-7-15(11-17)19(26)22-12-16-6-3-4-9-18(16)21/h3-11H,12H2,1-2H3,(H,22,26)(H,23,24,25). The van der Waals surface area contributed by atoms with Gasteiger partial charge in [-0.15, -0.1) is 0 Å². The maximum atomic E-state index is 13.6. The van der Waals surface area contributed by atoms with Crippen molar-refractivity contribution in [3.63, 3.8) is 0 Å². The van der Waals surface area contributed by atoms with Crippen molar-refractivity contribution >= 4 is 17.5 Å². The highest BCUT2D eigenvalue weighted by atomic mass is 19.1. The monoisotopic (exact) mass is 350 g/mol. The van der Waals surface area contributed by atoms with Gasteiger partial charge in [0.05, 0.1) is 0 Å². The smallest absolute Gasteiger partial charge is 0.251 e. The van der Waals surface area contributed by atoms with Crippen molar-refractivity contribution < 1.29 is 9.18 Å². The summed E-state index contributed by atoms with van der Waals surface area (Å²) < 4.78 is 13.6. The number of benzene rings is 2. The first-order valence-corrected chi connectivity index (χ1v) is 8.22. The second kappa shape index (κ2) is 7.74. The topological polar surface area (TPSA) is 66.9 Å². The molecule has 1 heterocycles. The van der Waals surface area contributed by atoms with Crippen LogP contribution in [0.25, 0.3) is 0 Å². The van der Waals surface area contributed by atoms with Crippen LogP contribution in [0.4, 0.5) is 16.0 Å². The Morgan fingerprint density at radius 3 is 2.46 bits per heavy atom. The van der Waals surface area contributed by atoms with E-state index in [1.165, 1.54) is 6.07 Å². The van der Waals surface area contributed by atoms with Crippen LogP contribution in [-0.2, 0) is 6.54 Å². The highest BCUT2D eigenvalue weighted by Crippen LogP contribution is 2.16. The predicted molar refractivity (Wildman–Crippen MR) is 98.8 cm³/mol. The minimum Gasteiger partial charge on any atom is -0.348 e. The van der Waals surface area contributed by atoms with E-state index in [9.17, 15) is 9.18 Å². The number of nitrogens with zero attached hydrogens (tertiary/aromatic N) is 2. The first-order chi connectivity index (χ1) is 12.5. The van der Waals surface area contributed by atoms with Crippen LogP contribution in [0.15, 0.2) is 54.6 Å². The molecule has 0 fully saturated rings. The number of amides is 1. The summed E-state index contributed by atoms with van der Waals surface area (Å²) in [4.78, 5) is 21.0. The van der Waals surface area contributed by atoms with E-state index in [1.54, 1.807) is 36.4 Å². The molecule has 0 saturated carbocycles. The number of carbonyl (C=O) groups excluding carboxylic acids is 1. The summed E-state index contributed by atoms with van der Waals surface area (Å²) in [5.74, 6) is -0.139. The number of aromatic nitrogens is 2. The maximum absolute atomic E-state index is 13.6. The van der Waals surface area contributed by atoms with Gasteiger partial charge in [-0.2, -0.15) is 0 Å². The summed E-state index contributed by atoms with van der Waals surface area (Å²) in [6.07, 6.45) is 0. The van der Waals surface area contributed by atoms with Gasteiger partial charge in [-0.3, -0.25) is 4.79 Å². The minimum atomic E-state index is -0.338. The Labute approximate surface area is 151 Å². The summed E-state index contributed by atoms with van der Waals surface area (Å²) >= 11 is 0. The second-order valence-electron chi connectivity index (χ2n) is 5.95.